The second-order valence-electron chi connectivity index (χ2n) is 4.76. The van der Waals surface area contributed by atoms with Crippen LogP contribution in [0.2, 0.25) is 5.02 Å². The molecule has 1 saturated heterocycles. The molecule has 3 amide bonds. The van der Waals surface area contributed by atoms with Crippen molar-refractivity contribution in [2.45, 2.75) is 6.42 Å². The number of amides is 3. The van der Waals surface area contributed by atoms with Crippen LogP contribution in [0, 0.1) is 5.92 Å². The maximum atomic E-state index is 12.1. The Hall–Kier alpha value is -2.28. The van der Waals surface area contributed by atoms with Gasteiger partial charge in [-0.05, 0) is 24.6 Å². The number of urea groups is 1. The summed E-state index contributed by atoms with van der Waals surface area (Å²) in [6.45, 7) is 0.632. The van der Waals surface area contributed by atoms with E-state index in [-0.39, 0.29) is 28.7 Å². The lowest BCUT2D eigenvalue weighted by atomic mass is 10.1. The van der Waals surface area contributed by atoms with Gasteiger partial charge in [-0.3, -0.25) is 4.79 Å². The molecule has 1 aromatic rings. The van der Waals surface area contributed by atoms with Gasteiger partial charge in [-0.25, -0.2) is 9.59 Å². The van der Waals surface area contributed by atoms with E-state index in [0.29, 0.717) is 13.0 Å². The molecule has 2 rings (SSSR count). The van der Waals surface area contributed by atoms with Gasteiger partial charge in [-0.15, -0.1) is 0 Å². The molecule has 21 heavy (non-hydrogen) atoms. The first-order valence-electron chi connectivity index (χ1n) is 6.26. The number of carbonyl (C=O) groups is 3. The molecule has 7 nitrogen and oxygen atoms in total. The summed E-state index contributed by atoms with van der Waals surface area (Å²) in [7, 11) is 0. The predicted molar refractivity (Wildman–Crippen MR) is 76.3 cm³/mol. The first-order valence-corrected chi connectivity index (χ1v) is 6.64. The zero-order valence-corrected chi connectivity index (χ0v) is 11.8. The van der Waals surface area contributed by atoms with E-state index in [0.717, 1.165) is 0 Å². The lowest BCUT2D eigenvalue weighted by Gasteiger charge is -2.17. The molecule has 0 aliphatic carbocycles. The van der Waals surface area contributed by atoms with E-state index in [9.17, 15) is 14.4 Å². The van der Waals surface area contributed by atoms with E-state index in [1.807, 2.05) is 0 Å². The molecule has 8 heteroatoms. The van der Waals surface area contributed by atoms with Crippen LogP contribution in [0.25, 0.3) is 0 Å². The molecule has 4 N–H and O–H groups in total. The normalized spacial score (nSPS) is 17.6. The molecule has 0 aromatic heterocycles. The van der Waals surface area contributed by atoms with Crippen LogP contribution in [0.1, 0.15) is 16.8 Å². The lowest BCUT2D eigenvalue weighted by molar-refractivity contribution is -0.121. The van der Waals surface area contributed by atoms with Gasteiger partial charge >= 0.3 is 12.0 Å². The summed E-state index contributed by atoms with van der Waals surface area (Å²) in [5.74, 6) is -1.99. The molecule has 1 fully saturated rings. The molecule has 1 aromatic carbocycles. The molecule has 1 atom stereocenters. The van der Waals surface area contributed by atoms with Crippen molar-refractivity contribution in [3.05, 3.63) is 28.8 Å². The standard InChI is InChI=1S/C13H14ClN3O4/c14-8-1-2-10(9(5-8)12(19)20)16-13(21)17-4-3-7(6-17)11(15)18/h1-2,5,7H,3-4,6H2,(H2,15,18)(H,16,21)(H,19,20). The third-order valence-corrected chi connectivity index (χ3v) is 3.57. The fourth-order valence-corrected chi connectivity index (χ4v) is 2.35. The smallest absolute Gasteiger partial charge is 0.337 e. The van der Waals surface area contributed by atoms with Crippen LogP contribution in [0.3, 0.4) is 0 Å². The average molecular weight is 312 g/mol. The Kier molecular flexibility index (Phi) is 4.32. The number of anilines is 1. The lowest BCUT2D eigenvalue weighted by Crippen LogP contribution is -2.35. The number of hydrogen-bond donors (Lipinski definition) is 3. The van der Waals surface area contributed by atoms with Gasteiger partial charge in [-0.1, -0.05) is 11.6 Å². The van der Waals surface area contributed by atoms with Gasteiger partial charge in [0.2, 0.25) is 5.91 Å². The maximum absolute atomic E-state index is 12.1. The Labute approximate surface area is 125 Å². The number of carboxylic acids is 1. The van der Waals surface area contributed by atoms with Crippen molar-refractivity contribution in [1.29, 1.82) is 0 Å². The molecule has 0 bridgehead atoms. The molecule has 1 unspecified atom stereocenters. The summed E-state index contributed by atoms with van der Waals surface area (Å²) in [6.07, 6.45) is 0.509. The Balaban J connectivity index is 2.10. The number of likely N-dealkylation sites (tertiary alicyclic amines) is 1. The van der Waals surface area contributed by atoms with E-state index in [2.05, 4.69) is 5.32 Å². The van der Waals surface area contributed by atoms with E-state index in [1.165, 1.54) is 23.1 Å². The number of aromatic carboxylic acids is 1. The first-order chi connectivity index (χ1) is 9.88. The van der Waals surface area contributed by atoms with Crippen LogP contribution in [0.4, 0.5) is 10.5 Å². The van der Waals surface area contributed by atoms with Gasteiger partial charge in [0.25, 0.3) is 0 Å². The van der Waals surface area contributed by atoms with Gasteiger partial charge < -0.3 is 21.1 Å². The second kappa shape index (κ2) is 6.01. The highest BCUT2D eigenvalue weighted by Crippen LogP contribution is 2.22. The Morgan fingerprint density at radius 3 is 2.67 bits per heavy atom. The van der Waals surface area contributed by atoms with Crippen LogP contribution in [0.5, 0.6) is 0 Å². The van der Waals surface area contributed by atoms with Gasteiger partial charge in [0, 0.05) is 18.1 Å². The minimum Gasteiger partial charge on any atom is -0.478 e. The number of benzene rings is 1. The predicted octanol–water partition coefficient (Wildman–Crippen LogP) is 1.38. The van der Waals surface area contributed by atoms with Crippen molar-refractivity contribution < 1.29 is 19.5 Å². The molecule has 0 saturated carbocycles. The largest absolute Gasteiger partial charge is 0.478 e. The molecule has 1 aliphatic rings. The quantitative estimate of drug-likeness (QED) is 0.782. The fraction of sp³-hybridized carbons (Fsp3) is 0.308. The monoisotopic (exact) mass is 311 g/mol. The topological polar surface area (TPSA) is 113 Å². The number of primary amides is 1. The van der Waals surface area contributed by atoms with Crippen molar-refractivity contribution in [2.24, 2.45) is 11.7 Å². The first kappa shape index (κ1) is 15.1. The number of halogens is 1. The van der Waals surface area contributed by atoms with Crippen LogP contribution in [0.15, 0.2) is 18.2 Å². The summed E-state index contributed by atoms with van der Waals surface area (Å²) in [6, 6.07) is 3.70. The molecule has 112 valence electrons. The van der Waals surface area contributed by atoms with Crippen LogP contribution in [-0.4, -0.2) is 41.0 Å². The van der Waals surface area contributed by atoms with Crippen LogP contribution in [-0.2, 0) is 4.79 Å². The average Bonchev–Trinajstić information content (AvgIpc) is 2.90. The fourth-order valence-electron chi connectivity index (χ4n) is 2.17. The highest BCUT2D eigenvalue weighted by atomic mass is 35.5. The van der Waals surface area contributed by atoms with Gasteiger partial charge in [-0.2, -0.15) is 0 Å². The molecule has 0 spiro atoms. The number of nitrogens with two attached hydrogens (primary N) is 1. The molecular weight excluding hydrogens is 298 g/mol. The number of carbonyl (C=O) groups excluding carboxylic acids is 2. The van der Waals surface area contributed by atoms with Crippen molar-refractivity contribution in [3.8, 4) is 0 Å². The van der Waals surface area contributed by atoms with Crippen molar-refractivity contribution in [2.75, 3.05) is 18.4 Å². The number of rotatable bonds is 3. The van der Waals surface area contributed by atoms with E-state index in [1.54, 1.807) is 0 Å². The molecule has 1 aliphatic heterocycles. The summed E-state index contributed by atoms with van der Waals surface area (Å²) >= 11 is 5.74. The van der Waals surface area contributed by atoms with Gasteiger partial charge in [0.05, 0.1) is 17.2 Å². The summed E-state index contributed by atoms with van der Waals surface area (Å²) in [5, 5.41) is 11.9. The van der Waals surface area contributed by atoms with E-state index < -0.39 is 17.9 Å². The minimum atomic E-state index is -1.19. The Morgan fingerprint density at radius 2 is 2.10 bits per heavy atom. The number of nitrogens with one attached hydrogen (secondary N) is 1. The highest BCUT2D eigenvalue weighted by Gasteiger charge is 2.30. The van der Waals surface area contributed by atoms with Crippen molar-refractivity contribution in [1.82, 2.24) is 4.90 Å². The highest BCUT2D eigenvalue weighted by molar-refractivity contribution is 6.31. The number of nitrogens with zero attached hydrogens (tertiary/aromatic N) is 1. The van der Waals surface area contributed by atoms with Crippen molar-refractivity contribution >= 4 is 35.2 Å². The molecular formula is C13H14ClN3O4. The van der Waals surface area contributed by atoms with Gasteiger partial charge in [0.15, 0.2) is 0 Å². The minimum absolute atomic E-state index is 0.0958. The SMILES string of the molecule is NC(=O)C1CCN(C(=O)Nc2ccc(Cl)cc2C(=O)O)C1. The summed E-state index contributed by atoms with van der Waals surface area (Å²) < 4.78 is 0. The Morgan fingerprint density at radius 1 is 1.38 bits per heavy atom. The van der Waals surface area contributed by atoms with Crippen molar-refractivity contribution in [3.63, 3.8) is 0 Å². The molecule has 0 radical (unpaired) electrons. The van der Waals surface area contributed by atoms with E-state index >= 15 is 0 Å². The zero-order valence-electron chi connectivity index (χ0n) is 11.0. The van der Waals surface area contributed by atoms with E-state index in [4.69, 9.17) is 22.4 Å². The number of carboxylic acid groups (broad SMARTS) is 1. The van der Waals surface area contributed by atoms with Crippen LogP contribution < -0.4 is 11.1 Å². The Bertz CT molecular complexity index is 605. The number of hydrogen-bond acceptors (Lipinski definition) is 3. The second-order valence-corrected chi connectivity index (χ2v) is 5.20. The maximum Gasteiger partial charge on any atom is 0.337 e. The van der Waals surface area contributed by atoms with Gasteiger partial charge in [0.1, 0.15) is 0 Å². The van der Waals surface area contributed by atoms with Crippen LogP contribution >= 0.6 is 11.6 Å². The molecule has 1 heterocycles. The zero-order chi connectivity index (χ0) is 15.6. The third-order valence-electron chi connectivity index (χ3n) is 3.33. The summed E-state index contributed by atoms with van der Waals surface area (Å²) in [5.41, 5.74) is 5.26. The third kappa shape index (κ3) is 3.43. The summed E-state index contributed by atoms with van der Waals surface area (Å²) in [4.78, 5) is 35.7.